The summed E-state index contributed by atoms with van der Waals surface area (Å²) in [5.41, 5.74) is 0.769. The first-order valence-electron chi connectivity index (χ1n) is 7.59. The summed E-state index contributed by atoms with van der Waals surface area (Å²) in [7, 11) is 2.91. The topological polar surface area (TPSA) is 119 Å². The second-order valence-electron chi connectivity index (χ2n) is 5.25. The highest BCUT2D eigenvalue weighted by molar-refractivity contribution is 6.02. The molecule has 0 unspecified atom stereocenters. The van der Waals surface area contributed by atoms with Crippen molar-refractivity contribution in [1.29, 1.82) is 0 Å². The van der Waals surface area contributed by atoms with Crippen LogP contribution in [0.4, 0.5) is 5.69 Å². The van der Waals surface area contributed by atoms with E-state index < -0.39 is 11.3 Å². The summed E-state index contributed by atoms with van der Waals surface area (Å²) in [6, 6.07) is 8.04. The number of nitrogens with one attached hydrogen (secondary N) is 2. The van der Waals surface area contributed by atoms with Gasteiger partial charge >= 0.3 is 0 Å². The molecule has 3 aromatic rings. The molecule has 3 rings (SSSR count). The minimum absolute atomic E-state index is 0.0278. The van der Waals surface area contributed by atoms with Crippen LogP contribution in [0.1, 0.15) is 16.4 Å². The van der Waals surface area contributed by atoms with Gasteiger partial charge in [0.1, 0.15) is 12.9 Å². The number of carbonyl (C=O) groups excluding carboxylic acids is 1. The van der Waals surface area contributed by atoms with E-state index in [-0.39, 0.29) is 11.5 Å². The van der Waals surface area contributed by atoms with E-state index in [0.29, 0.717) is 29.5 Å². The van der Waals surface area contributed by atoms with Gasteiger partial charge in [0, 0.05) is 24.4 Å². The lowest BCUT2D eigenvalue weighted by molar-refractivity contribution is 0.0993. The highest BCUT2D eigenvalue weighted by atomic mass is 16.5. The molecule has 0 fully saturated rings. The van der Waals surface area contributed by atoms with Crippen LogP contribution < -0.4 is 15.5 Å². The molecule has 0 radical (unpaired) electrons. The lowest BCUT2D eigenvalue weighted by atomic mass is 10.2. The molecule has 134 valence electrons. The maximum Gasteiger partial charge on any atom is 0.291 e. The number of amides is 1. The fourth-order valence-corrected chi connectivity index (χ4v) is 2.22. The van der Waals surface area contributed by atoms with E-state index >= 15 is 0 Å². The van der Waals surface area contributed by atoms with Gasteiger partial charge in [-0.2, -0.15) is 5.10 Å². The molecule has 9 nitrogen and oxygen atoms in total. The van der Waals surface area contributed by atoms with Gasteiger partial charge < -0.3 is 19.2 Å². The number of methoxy groups -OCH3 is 2. The van der Waals surface area contributed by atoms with Gasteiger partial charge in [-0.25, -0.2) is 4.98 Å². The van der Waals surface area contributed by atoms with Gasteiger partial charge in [0.05, 0.1) is 7.11 Å². The van der Waals surface area contributed by atoms with Crippen LogP contribution >= 0.6 is 0 Å². The normalized spacial score (nSPS) is 10.5. The molecule has 0 bridgehead atoms. The van der Waals surface area contributed by atoms with Crippen molar-refractivity contribution in [2.45, 2.75) is 6.61 Å². The van der Waals surface area contributed by atoms with Crippen molar-refractivity contribution in [2.75, 3.05) is 19.5 Å². The molecule has 0 aliphatic carbocycles. The SMILES string of the molecule is COCc1nc(-c2cccc(NC(=O)c3cc(=O)c(OC)co3)c2)n[nH]1. The summed E-state index contributed by atoms with van der Waals surface area (Å²) in [5.74, 6) is 0.416. The summed E-state index contributed by atoms with van der Waals surface area (Å²) in [6.45, 7) is 0.319. The van der Waals surface area contributed by atoms with Crippen molar-refractivity contribution in [3.63, 3.8) is 0 Å². The van der Waals surface area contributed by atoms with Crippen molar-refractivity contribution in [2.24, 2.45) is 0 Å². The Bertz CT molecular complexity index is 979. The first-order chi connectivity index (χ1) is 12.6. The first-order valence-corrected chi connectivity index (χ1v) is 7.59. The Hall–Kier alpha value is -3.46. The van der Waals surface area contributed by atoms with Crippen LogP contribution in [0.25, 0.3) is 11.4 Å². The van der Waals surface area contributed by atoms with Crippen molar-refractivity contribution in [3.05, 3.63) is 58.4 Å². The minimum atomic E-state index is -0.558. The molecule has 0 saturated heterocycles. The number of anilines is 1. The van der Waals surface area contributed by atoms with E-state index in [0.717, 1.165) is 12.3 Å². The van der Waals surface area contributed by atoms with Gasteiger partial charge in [-0.05, 0) is 12.1 Å². The molecule has 2 N–H and O–H groups in total. The van der Waals surface area contributed by atoms with E-state index in [1.54, 1.807) is 25.3 Å². The predicted octanol–water partition coefficient (Wildman–Crippen LogP) is 1.83. The number of nitrogens with zero attached hydrogens (tertiary/aromatic N) is 2. The minimum Gasteiger partial charge on any atom is -0.490 e. The van der Waals surface area contributed by atoms with Gasteiger partial charge in [0.25, 0.3) is 5.91 Å². The Morgan fingerprint density at radius 3 is 2.88 bits per heavy atom. The molecule has 9 heteroatoms. The summed E-state index contributed by atoms with van der Waals surface area (Å²) < 4.78 is 14.9. The van der Waals surface area contributed by atoms with Crippen LogP contribution in [0.2, 0.25) is 0 Å². The molecule has 0 aliphatic heterocycles. The van der Waals surface area contributed by atoms with E-state index in [1.807, 2.05) is 6.07 Å². The Kier molecular flexibility index (Phi) is 5.09. The van der Waals surface area contributed by atoms with E-state index in [9.17, 15) is 9.59 Å². The summed E-state index contributed by atoms with van der Waals surface area (Å²) >= 11 is 0. The molecule has 1 aromatic carbocycles. The molecule has 0 aliphatic rings. The molecule has 0 saturated carbocycles. The number of H-pyrrole nitrogens is 1. The number of hydrogen-bond donors (Lipinski definition) is 2. The highest BCUT2D eigenvalue weighted by Gasteiger charge is 2.13. The van der Waals surface area contributed by atoms with E-state index in [4.69, 9.17) is 13.9 Å². The molecule has 2 aromatic heterocycles. The van der Waals surface area contributed by atoms with Crippen LogP contribution in [-0.2, 0) is 11.3 Å². The average molecular weight is 356 g/mol. The molecule has 26 heavy (non-hydrogen) atoms. The first kappa shape index (κ1) is 17.4. The molecular formula is C17H16N4O5. The van der Waals surface area contributed by atoms with Crippen LogP contribution in [0, 0.1) is 0 Å². The number of rotatable bonds is 6. The summed E-state index contributed by atoms with van der Waals surface area (Å²) in [4.78, 5) is 28.3. The van der Waals surface area contributed by atoms with Gasteiger partial charge in [-0.1, -0.05) is 12.1 Å². The van der Waals surface area contributed by atoms with Crippen LogP contribution in [0.5, 0.6) is 5.75 Å². The zero-order valence-electron chi connectivity index (χ0n) is 14.1. The van der Waals surface area contributed by atoms with E-state index in [2.05, 4.69) is 20.5 Å². The third-order valence-electron chi connectivity index (χ3n) is 3.43. The number of ether oxygens (including phenoxy) is 2. The highest BCUT2D eigenvalue weighted by Crippen LogP contribution is 2.20. The third kappa shape index (κ3) is 3.78. The molecule has 1 amide bonds. The predicted molar refractivity (Wildman–Crippen MR) is 92.0 cm³/mol. The van der Waals surface area contributed by atoms with Crippen molar-refractivity contribution >= 4 is 11.6 Å². The van der Waals surface area contributed by atoms with Gasteiger partial charge in [0.15, 0.2) is 17.4 Å². The van der Waals surface area contributed by atoms with Crippen molar-refractivity contribution < 1.29 is 18.7 Å². The van der Waals surface area contributed by atoms with Crippen LogP contribution in [-0.4, -0.2) is 35.3 Å². The molecule has 0 spiro atoms. The number of benzene rings is 1. The Morgan fingerprint density at radius 2 is 2.15 bits per heavy atom. The smallest absolute Gasteiger partial charge is 0.291 e. The summed E-state index contributed by atoms with van der Waals surface area (Å²) in [5, 5.41) is 9.55. The Morgan fingerprint density at radius 1 is 1.31 bits per heavy atom. The zero-order valence-corrected chi connectivity index (χ0v) is 14.1. The standard InChI is InChI=1S/C17H16N4O5/c1-24-9-15-19-16(21-20-15)10-4-3-5-11(6-10)18-17(23)13-7-12(22)14(25-2)8-26-13/h3-8H,9H2,1-2H3,(H,18,23)(H,19,20,21). The van der Waals surface area contributed by atoms with Crippen LogP contribution in [0.3, 0.4) is 0 Å². The fourth-order valence-electron chi connectivity index (χ4n) is 2.22. The van der Waals surface area contributed by atoms with Crippen LogP contribution in [0.15, 0.2) is 45.8 Å². The monoisotopic (exact) mass is 356 g/mol. The van der Waals surface area contributed by atoms with Gasteiger partial charge in [-0.3, -0.25) is 14.7 Å². The number of aromatic amines is 1. The fraction of sp³-hybridized carbons (Fsp3) is 0.176. The second kappa shape index (κ2) is 7.62. The largest absolute Gasteiger partial charge is 0.490 e. The van der Waals surface area contributed by atoms with Crippen molar-refractivity contribution in [1.82, 2.24) is 15.2 Å². The van der Waals surface area contributed by atoms with Gasteiger partial charge in [-0.15, -0.1) is 0 Å². The number of hydrogen-bond acceptors (Lipinski definition) is 7. The summed E-state index contributed by atoms with van der Waals surface area (Å²) in [6.07, 6.45) is 1.10. The maximum absolute atomic E-state index is 12.3. The number of aromatic nitrogens is 3. The van der Waals surface area contributed by atoms with Crippen molar-refractivity contribution in [3.8, 4) is 17.1 Å². The molecule has 0 atom stereocenters. The average Bonchev–Trinajstić information content (AvgIpc) is 3.11. The van der Waals surface area contributed by atoms with E-state index in [1.165, 1.54) is 7.11 Å². The molecular weight excluding hydrogens is 340 g/mol. The maximum atomic E-state index is 12.3. The zero-order chi connectivity index (χ0) is 18.5. The Labute approximate surface area is 148 Å². The second-order valence-corrected chi connectivity index (χ2v) is 5.25. The Balaban J connectivity index is 1.78. The lowest BCUT2D eigenvalue weighted by Gasteiger charge is -2.06. The van der Waals surface area contributed by atoms with Gasteiger partial charge in [0.2, 0.25) is 11.2 Å². The molecule has 2 heterocycles. The lowest BCUT2D eigenvalue weighted by Crippen LogP contribution is -2.15. The third-order valence-corrected chi connectivity index (χ3v) is 3.43. The quantitative estimate of drug-likeness (QED) is 0.691. The number of carbonyl (C=O) groups is 1.